The summed E-state index contributed by atoms with van der Waals surface area (Å²) in [6.45, 7) is 9.32. The lowest BCUT2D eigenvalue weighted by Gasteiger charge is -1.95. The number of allylic oxidation sites excluding steroid dienone is 2. The lowest BCUT2D eigenvalue weighted by atomic mass is 10.1. The van der Waals surface area contributed by atoms with Crippen molar-refractivity contribution in [3.05, 3.63) is 24.5 Å². The minimum atomic E-state index is 0.557. The molecular weight excluding hydrogens is 168 g/mol. The van der Waals surface area contributed by atoms with Gasteiger partial charge in [-0.1, -0.05) is 19.1 Å². The van der Waals surface area contributed by atoms with Crippen LogP contribution in [0.1, 0.15) is 18.3 Å². The molecule has 0 saturated heterocycles. The second-order valence-corrected chi connectivity index (χ2v) is 2.89. The monoisotopic (exact) mass is 176 g/mol. The summed E-state index contributed by atoms with van der Waals surface area (Å²) in [5.41, 5.74) is 2.84. The lowest BCUT2D eigenvalue weighted by molar-refractivity contribution is 1.38. The number of hydrogen-bond donors (Lipinski definition) is 0. The van der Waals surface area contributed by atoms with Crippen LogP contribution in [-0.4, -0.2) is 8.75 Å². The summed E-state index contributed by atoms with van der Waals surface area (Å²) < 4.78 is 8.10. The van der Waals surface area contributed by atoms with Gasteiger partial charge in [0.2, 0.25) is 0 Å². The van der Waals surface area contributed by atoms with Crippen molar-refractivity contribution in [1.29, 1.82) is 0 Å². The number of hydrogen-bond acceptors (Lipinski definition) is 3. The third-order valence-electron chi connectivity index (χ3n) is 1.35. The third kappa shape index (κ3) is 1.44. The van der Waals surface area contributed by atoms with Crippen molar-refractivity contribution in [2.75, 3.05) is 0 Å². The Kier molecular flexibility index (Phi) is 2.41. The van der Waals surface area contributed by atoms with Gasteiger partial charge in [-0.05, 0) is 12.5 Å². The highest BCUT2D eigenvalue weighted by molar-refractivity contribution is 6.99. The van der Waals surface area contributed by atoms with Crippen LogP contribution in [0.2, 0.25) is 0 Å². The average Bonchev–Trinajstić information content (AvgIpc) is 2.50. The van der Waals surface area contributed by atoms with E-state index in [1.54, 1.807) is 0 Å². The molecule has 0 fully saturated rings. The Labute approximate surface area is 76.0 Å². The van der Waals surface area contributed by atoms with Gasteiger partial charge < -0.3 is 0 Å². The molecule has 0 atom stereocenters. The number of aromatic nitrogens is 2. The van der Waals surface area contributed by atoms with Gasteiger partial charge >= 0.3 is 0 Å². The Hall–Kier alpha value is -1.40. The highest BCUT2D eigenvalue weighted by atomic mass is 32.1. The Morgan fingerprint density at radius 2 is 2.00 bits per heavy atom. The van der Waals surface area contributed by atoms with Crippen LogP contribution in [0.15, 0.2) is 13.2 Å². The highest BCUT2D eigenvalue weighted by Crippen LogP contribution is 2.20. The molecule has 2 nitrogen and oxygen atoms in total. The van der Waals surface area contributed by atoms with Gasteiger partial charge in [-0.25, -0.2) is 0 Å². The van der Waals surface area contributed by atoms with Gasteiger partial charge in [0.15, 0.2) is 0 Å². The van der Waals surface area contributed by atoms with E-state index in [-0.39, 0.29) is 0 Å². The van der Waals surface area contributed by atoms with Crippen molar-refractivity contribution in [3.63, 3.8) is 0 Å². The lowest BCUT2D eigenvalue weighted by Crippen LogP contribution is -1.86. The molecule has 60 valence electrons. The normalized spacial score (nSPS) is 9.00. The topological polar surface area (TPSA) is 25.8 Å². The summed E-state index contributed by atoms with van der Waals surface area (Å²) in [5.74, 6) is 2.43. The predicted octanol–water partition coefficient (Wildman–Crippen LogP) is 2.22. The van der Waals surface area contributed by atoms with Gasteiger partial charge in [0.1, 0.15) is 11.4 Å². The zero-order valence-corrected chi connectivity index (χ0v) is 7.61. The fourth-order valence-electron chi connectivity index (χ4n) is 0.735. The molecular formula is C9H8N2S. The number of terminal acetylenes is 1. The first kappa shape index (κ1) is 8.69. The summed E-state index contributed by atoms with van der Waals surface area (Å²) in [4.78, 5) is 0. The van der Waals surface area contributed by atoms with Gasteiger partial charge in [0.25, 0.3) is 0 Å². The van der Waals surface area contributed by atoms with E-state index in [1.165, 1.54) is 0 Å². The van der Waals surface area contributed by atoms with E-state index in [9.17, 15) is 0 Å². The van der Waals surface area contributed by atoms with Crippen LogP contribution in [0.3, 0.4) is 0 Å². The van der Waals surface area contributed by atoms with Gasteiger partial charge in [0, 0.05) is 5.57 Å². The van der Waals surface area contributed by atoms with E-state index in [1.807, 2.05) is 6.92 Å². The van der Waals surface area contributed by atoms with E-state index in [0.29, 0.717) is 11.3 Å². The quantitative estimate of drug-likeness (QED) is 0.646. The van der Waals surface area contributed by atoms with Crippen molar-refractivity contribution in [3.8, 4) is 12.3 Å². The van der Waals surface area contributed by atoms with E-state index in [4.69, 9.17) is 6.42 Å². The van der Waals surface area contributed by atoms with Crippen LogP contribution in [0, 0.1) is 12.3 Å². The van der Waals surface area contributed by atoms with Crippen molar-refractivity contribution >= 4 is 22.9 Å². The average molecular weight is 176 g/mol. The Morgan fingerprint density at radius 3 is 2.50 bits per heavy atom. The standard InChI is InChI=1S/C9H8N2S/c1-5-7(4)9-8(6(2)3)10-12-11-9/h1H,2,4H2,3H3. The molecule has 1 rings (SSSR count). The highest BCUT2D eigenvalue weighted by Gasteiger charge is 2.09. The molecule has 0 aliphatic carbocycles. The molecule has 0 aliphatic heterocycles. The summed E-state index contributed by atoms with van der Waals surface area (Å²) in [6, 6.07) is 0. The van der Waals surface area contributed by atoms with Gasteiger partial charge in [0.05, 0.1) is 11.7 Å². The maximum Gasteiger partial charge on any atom is 0.120 e. The van der Waals surface area contributed by atoms with Crippen LogP contribution >= 0.6 is 11.7 Å². The zero-order chi connectivity index (χ0) is 9.14. The first-order valence-electron chi connectivity index (χ1n) is 3.31. The third-order valence-corrected chi connectivity index (χ3v) is 1.88. The van der Waals surface area contributed by atoms with E-state index in [0.717, 1.165) is 23.0 Å². The number of nitrogens with zero attached hydrogens (tertiary/aromatic N) is 2. The van der Waals surface area contributed by atoms with E-state index >= 15 is 0 Å². The molecule has 0 amide bonds. The maximum atomic E-state index is 5.19. The first-order valence-corrected chi connectivity index (χ1v) is 4.04. The minimum absolute atomic E-state index is 0.557. The van der Waals surface area contributed by atoms with Crippen LogP contribution in [-0.2, 0) is 0 Å². The molecule has 0 unspecified atom stereocenters. The molecule has 3 heteroatoms. The fourth-order valence-corrected chi connectivity index (χ4v) is 1.38. The smallest absolute Gasteiger partial charge is 0.120 e. The maximum absolute atomic E-state index is 5.19. The first-order chi connectivity index (χ1) is 5.66. The molecule has 0 spiro atoms. The van der Waals surface area contributed by atoms with Gasteiger partial charge in [-0.2, -0.15) is 8.75 Å². The summed E-state index contributed by atoms with van der Waals surface area (Å²) in [5, 5.41) is 0. The second kappa shape index (κ2) is 3.33. The molecule has 12 heavy (non-hydrogen) atoms. The summed E-state index contributed by atoms with van der Waals surface area (Å²) in [6.07, 6.45) is 5.19. The molecule has 1 heterocycles. The molecule has 0 radical (unpaired) electrons. The Bertz CT molecular complexity index is 368. The molecule has 0 aliphatic rings. The van der Waals surface area contributed by atoms with Crippen molar-refractivity contribution in [2.24, 2.45) is 0 Å². The molecule has 0 N–H and O–H groups in total. The largest absolute Gasteiger partial charge is 0.173 e. The molecule has 1 aromatic heterocycles. The Morgan fingerprint density at radius 1 is 1.42 bits per heavy atom. The van der Waals surface area contributed by atoms with Crippen LogP contribution < -0.4 is 0 Å². The minimum Gasteiger partial charge on any atom is -0.173 e. The SMILES string of the molecule is C#CC(=C)c1nsnc1C(=C)C. The Balaban J connectivity index is 3.18. The second-order valence-electron chi connectivity index (χ2n) is 2.36. The van der Waals surface area contributed by atoms with Crippen LogP contribution in [0.4, 0.5) is 0 Å². The molecule has 0 aromatic carbocycles. The van der Waals surface area contributed by atoms with Crippen molar-refractivity contribution < 1.29 is 0 Å². The zero-order valence-electron chi connectivity index (χ0n) is 6.79. The van der Waals surface area contributed by atoms with Gasteiger partial charge in [-0.15, -0.1) is 6.42 Å². The van der Waals surface area contributed by atoms with E-state index in [2.05, 4.69) is 27.8 Å². The summed E-state index contributed by atoms with van der Waals surface area (Å²) in [7, 11) is 0. The molecule has 1 aromatic rings. The predicted molar refractivity (Wildman–Crippen MR) is 52.5 cm³/mol. The van der Waals surface area contributed by atoms with Gasteiger partial charge in [-0.3, -0.25) is 0 Å². The number of rotatable bonds is 2. The van der Waals surface area contributed by atoms with Crippen LogP contribution in [0.5, 0.6) is 0 Å². The molecule has 0 saturated carbocycles. The van der Waals surface area contributed by atoms with E-state index < -0.39 is 0 Å². The summed E-state index contributed by atoms with van der Waals surface area (Å²) >= 11 is 1.12. The van der Waals surface area contributed by atoms with Crippen molar-refractivity contribution in [2.45, 2.75) is 6.92 Å². The fraction of sp³-hybridized carbons (Fsp3) is 0.111. The van der Waals surface area contributed by atoms with Crippen molar-refractivity contribution in [1.82, 2.24) is 8.75 Å². The van der Waals surface area contributed by atoms with Crippen LogP contribution in [0.25, 0.3) is 11.1 Å². The molecule has 0 bridgehead atoms.